The monoisotopic (exact) mass is 173 g/mol. The minimum atomic E-state index is -1.05. The molecule has 0 radical (unpaired) electrons. The van der Waals surface area contributed by atoms with Crippen molar-refractivity contribution < 1.29 is 4.39 Å². The van der Waals surface area contributed by atoms with E-state index in [0.29, 0.717) is 12.3 Å². The van der Waals surface area contributed by atoms with Gasteiger partial charge in [-0.1, -0.05) is 20.3 Å². The van der Waals surface area contributed by atoms with Gasteiger partial charge in [0.1, 0.15) is 5.67 Å². The summed E-state index contributed by atoms with van der Waals surface area (Å²) in [6, 6.07) is 0. The van der Waals surface area contributed by atoms with Gasteiger partial charge in [-0.25, -0.2) is 4.39 Å². The van der Waals surface area contributed by atoms with Crippen molar-refractivity contribution in [2.75, 3.05) is 6.54 Å². The lowest BCUT2D eigenvalue weighted by atomic mass is 9.88. The van der Waals surface area contributed by atoms with E-state index in [1.807, 2.05) is 0 Å². The smallest absolute Gasteiger partial charge is 0.126 e. The van der Waals surface area contributed by atoms with Crippen LogP contribution in [0.5, 0.6) is 0 Å². The first-order valence-corrected chi connectivity index (χ1v) is 5.01. The SMILES string of the molecule is CCC(C)CC(F)(CN)C1CC1. The molecule has 0 aromatic carbocycles. The third-order valence-corrected chi connectivity index (χ3v) is 3.03. The van der Waals surface area contributed by atoms with Crippen LogP contribution in [0, 0.1) is 11.8 Å². The highest BCUT2D eigenvalue weighted by molar-refractivity contribution is 4.96. The number of alkyl halides is 1. The molecule has 0 amide bonds. The van der Waals surface area contributed by atoms with E-state index in [2.05, 4.69) is 13.8 Å². The first-order chi connectivity index (χ1) is 5.62. The molecule has 0 saturated heterocycles. The van der Waals surface area contributed by atoms with E-state index in [9.17, 15) is 4.39 Å². The minimum Gasteiger partial charge on any atom is -0.328 e. The molecule has 1 saturated carbocycles. The maximum Gasteiger partial charge on any atom is 0.126 e. The summed E-state index contributed by atoms with van der Waals surface area (Å²) in [5, 5.41) is 0. The molecule has 0 aromatic rings. The Kier molecular flexibility index (Phi) is 3.10. The molecule has 1 rings (SSSR count). The van der Waals surface area contributed by atoms with Crippen LogP contribution in [0.3, 0.4) is 0 Å². The van der Waals surface area contributed by atoms with Gasteiger partial charge in [0.25, 0.3) is 0 Å². The average molecular weight is 173 g/mol. The van der Waals surface area contributed by atoms with Gasteiger partial charge in [0.2, 0.25) is 0 Å². The average Bonchev–Trinajstić information content (AvgIpc) is 2.86. The summed E-state index contributed by atoms with van der Waals surface area (Å²) in [6.07, 6.45) is 3.80. The lowest BCUT2D eigenvalue weighted by molar-refractivity contribution is 0.107. The molecule has 0 aromatic heterocycles. The molecule has 2 atom stereocenters. The second-order valence-electron chi connectivity index (χ2n) is 4.23. The summed E-state index contributed by atoms with van der Waals surface area (Å²) < 4.78 is 14.0. The summed E-state index contributed by atoms with van der Waals surface area (Å²) in [6.45, 7) is 4.42. The largest absolute Gasteiger partial charge is 0.328 e. The van der Waals surface area contributed by atoms with Crippen molar-refractivity contribution in [1.29, 1.82) is 0 Å². The predicted octanol–water partition coefficient (Wildman–Crippen LogP) is 2.50. The van der Waals surface area contributed by atoms with Crippen LogP contribution in [-0.4, -0.2) is 12.2 Å². The fourth-order valence-electron chi connectivity index (χ4n) is 1.74. The third kappa shape index (κ3) is 2.19. The van der Waals surface area contributed by atoms with Gasteiger partial charge >= 0.3 is 0 Å². The Hall–Kier alpha value is -0.110. The van der Waals surface area contributed by atoms with Crippen molar-refractivity contribution in [2.24, 2.45) is 17.6 Å². The molecular weight excluding hydrogens is 153 g/mol. The Morgan fingerprint density at radius 3 is 2.50 bits per heavy atom. The molecule has 0 spiro atoms. The summed E-state index contributed by atoms with van der Waals surface area (Å²) in [5.74, 6) is 0.746. The van der Waals surface area contributed by atoms with E-state index in [4.69, 9.17) is 5.73 Å². The number of hydrogen-bond acceptors (Lipinski definition) is 1. The molecule has 2 heteroatoms. The van der Waals surface area contributed by atoms with E-state index in [-0.39, 0.29) is 12.5 Å². The van der Waals surface area contributed by atoms with Crippen molar-refractivity contribution >= 4 is 0 Å². The Balaban J connectivity index is 2.42. The number of halogens is 1. The highest BCUT2D eigenvalue weighted by Crippen LogP contribution is 2.45. The second-order valence-corrected chi connectivity index (χ2v) is 4.23. The van der Waals surface area contributed by atoms with Crippen molar-refractivity contribution in [3.63, 3.8) is 0 Å². The van der Waals surface area contributed by atoms with Crippen molar-refractivity contribution in [3.8, 4) is 0 Å². The molecule has 1 fully saturated rings. The summed E-state index contributed by atoms with van der Waals surface area (Å²) in [5.41, 5.74) is 4.43. The summed E-state index contributed by atoms with van der Waals surface area (Å²) in [7, 11) is 0. The molecular formula is C10H20FN. The lowest BCUT2D eigenvalue weighted by Crippen LogP contribution is -2.37. The Labute approximate surface area is 74.5 Å². The van der Waals surface area contributed by atoms with E-state index >= 15 is 0 Å². The molecule has 1 aliphatic carbocycles. The Morgan fingerprint density at radius 1 is 1.58 bits per heavy atom. The topological polar surface area (TPSA) is 26.0 Å². The van der Waals surface area contributed by atoms with E-state index in [0.717, 1.165) is 19.3 Å². The van der Waals surface area contributed by atoms with E-state index in [1.165, 1.54) is 0 Å². The fourth-order valence-corrected chi connectivity index (χ4v) is 1.74. The minimum absolute atomic E-state index is 0.210. The first-order valence-electron chi connectivity index (χ1n) is 5.01. The maximum atomic E-state index is 14.0. The van der Waals surface area contributed by atoms with Gasteiger partial charge in [-0.15, -0.1) is 0 Å². The Bertz CT molecular complexity index is 145. The van der Waals surface area contributed by atoms with E-state index in [1.54, 1.807) is 0 Å². The number of hydrogen-bond donors (Lipinski definition) is 1. The molecule has 0 aliphatic heterocycles. The van der Waals surface area contributed by atoms with Crippen LogP contribution in [-0.2, 0) is 0 Å². The van der Waals surface area contributed by atoms with Crippen LogP contribution < -0.4 is 5.73 Å². The molecule has 0 heterocycles. The van der Waals surface area contributed by atoms with Crippen molar-refractivity contribution in [2.45, 2.75) is 45.2 Å². The zero-order chi connectivity index (χ0) is 9.19. The molecule has 2 N–H and O–H groups in total. The van der Waals surface area contributed by atoms with Crippen LogP contribution in [0.2, 0.25) is 0 Å². The highest BCUT2D eigenvalue weighted by atomic mass is 19.1. The molecule has 1 nitrogen and oxygen atoms in total. The fraction of sp³-hybridized carbons (Fsp3) is 1.00. The van der Waals surface area contributed by atoms with Crippen LogP contribution in [0.15, 0.2) is 0 Å². The van der Waals surface area contributed by atoms with Crippen LogP contribution in [0.4, 0.5) is 4.39 Å². The second kappa shape index (κ2) is 3.73. The van der Waals surface area contributed by atoms with Gasteiger partial charge in [0.15, 0.2) is 0 Å². The number of nitrogens with two attached hydrogens (primary N) is 1. The van der Waals surface area contributed by atoms with Gasteiger partial charge in [-0.2, -0.15) is 0 Å². The lowest BCUT2D eigenvalue weighted by Gasteiger charge is -2.26. The van der Waals surface area contributed by atoms with Crippen LogP contribution >= 0.6 is 0 Å². The van der Waals surface area contributed by atoms with Gasteiger partial charge < -0.3 is 5.73 Å². The molecule has 2 unspecified atom stereocenters. The quantitative estimate of drug-likeness (QED) is 0.679. The number of rotatable bonds is 5. The normalized spacial score (nSPS) is 25.0. The van der Waals surface area contributed by atoms with Crippen molar-refractivity contribution in [1.82, 2.24) is 0 Å². The predicted molar refractivity (Wildman–Crippen MR) is 49.7 cm³/mol. The van der Waals surface area contributed by atoms with Gasteiger partial charge in [-0.05, 0) is 31.1 Å². The summed E-state index contributed by atoms with van der Waals surface area (Å²) >= 11 is 0. The zero-order valence-corrected chi connectivity index (χ0v) is 8.15. The molecule has 0 bridgehead atoms. The van der Waals surface area contributed by atoms with Gasteiger partial charge in [0, 0.05) is 6.54 Å². The van der Waals surface area contributed by atoms with Crippen molar-refractivity contribution in [3.05, 3.63) is 0 Å². The van der Waals surface area contributed by atoms with Crippen LogP contribution in [0.1, 0.15) is 39.5 Å². The summed E-state index contributed by atoms with van der Waals surface area (Å²) in [4.78, 5) is 0. The first kappa shape index (κ1) is 9.97. The Morgan fingerprint density at radius 2 is 2.17 bits per heavy atom. The van der Waals surface area contributed by atoms with Gasteiger partial charge in [0.05, 0.1) is 0 Å². The van der Waals surface area contributed by atoms with Crippen LogP contribution in [0.25, 0.3) is 0 Å². The zero-order valence-electron chi connectivity index (χ0n) is 8.15. The standard InChI is InChI=1S/C10H20FN/c1-3-8(2)6-10(11,7-12)9-4-5-9/h8-9H,3-7,12H2,1-2H3. The maximum absolute atomic E-state index is 14.0. The third-order valence-electron chi connectivity index (χ3n) is 3.03. The molecule has 1 aliphatic rings. The molecule has 72 valence electrons. The van der Waals surface area contributed by atoms with E-state index < -0.39 is 5.67 Å². The molecule has 12 heavy (non-hydrogen) atoms. The highest BCUT2D eigenvalue weighted by Gasteiger charge is 2.45. The van der Waals surface area contributed by atoms with Gasteiger partial charge in [-0.3, -0.25) is 0 Å².